The zero-order valence-electron chi connectivity index (χ0n) is 15.0. The number of aryl methyl sites for hydroxylation is 2. The smallest absolute Gasteiger partial charge is 0.258 e. The number of benzene rings is 2. The molecule has 0 aliphatic carbocycles. The van der Waals surface area contributed by atoms with Crippen LogP contribution in [0.5, 0.6) is 0 Å². The lowest BCUT2D eigenvalue weighted by molar-refractivity contribution is 0.432. The Labute approximate surface area is 155 Å². The molecule has 0 fully saturated rings. The van der Waals surface area contributed by atoms with E-state index in [2.05, 4.69) is 15.1 Å². The molecule has 0 aliphatic heterocycles. The number of fused-ring (bicyclic) bond motifs is 2. The van der Waals surface area contributed by atoms with E-state index in [-0.39, 0.29) is 0 Å². The number of para-hydroxylation sites is 2. The molecule has 0 saturated heterocycles. The summed E-state index contributed by atoms with van der Waals surface area (Å²) in [7, 11) is 0. The number of hydrogen-bond acceptors (Lipinski definition) is 5. The summed E-state index contributed by atoms with van der Waals surface area (Å²) in [6.45, 7) is 3.93. The maximum Gasteiger partial charge on any atom is 0.258 e. The third kappa shape index (κ3) is 2.64. The average Bonchev–Trinajstić information content (AvgIpc) is 3.16. The van der Waals surface area contributed by atoms with Gasteiger partial charge in [-0.1, -0.05) is 41.6 Å². The van der Waals surface area contributed by atoms with E-state index in [0.717, 1.165) is 44.3 Å². The van der Waals surface area contributed by atoms with Gasteiger partial charge in [-0.2, -0.15) is 4.98 Å². The van der Waals surface area contributed by atoms with E-state index in [1.165, 1.54) is 0 Å². The quantitative estimate of drug-likeness (QED) is 0.441. The summed E-state index contributed by atoms with van der Waals surface area (Å²) in [5, 5.41) is 6.26. The fraction of sp³-hybridized carbons (Fsp3) is 0.0909. The van der Waals surface area contributed by atoms with Gasteiger partial charge in [0.25, 0.3) is 5.89 Å². The Bertz CT molecular complexity index is 1210. The fourth-order valence-corrected chi connectivity index (χ4v) is 3.42. The van der Waals surface area contributed by atoms with Crippen LogP contribution in [-0.2, 0) is 0 Å². The second-order valence-corrected chi connectivity index (χ2v) is 6.58. The summed E-state index contributed by atoms with van der Waals surface area (Å²) < 4.78 is 5.65. The van der Waals surface area contributed by atoms with Gasteiger partial charge in [0.05, 0.1) is 16.6 Å². The van der Waals surface area contributed by atoms with Crippen LogP contribution in [0.1, 0.15) is 11.4 Å². The summed E-state index contributed by atoms with van der Waals surface area (Å²) in [5.41, 5.74) is 5.48. The third-order valence-electron chi connectivity index (χ3n) is 4.59. The van der Waals surface area contributed by atoms with Gasteiger partial charge in [0.15, 0.2) is 0 Å². The Morgan fingerprint density at radius 2 is 1.22 bits per heavy atom. The van der Waals surface area contributed by atoms with Gasteiger partial charge in [0, 0.05) is 27.7 Å². The second kappa shape index (κ2) is 5.99. The average molecular weight is 352 g/mol. The topological polar surface area (TPSA) is 64.7 Å². The molecule has 0 radical (unpaired) electrons. The van der Waals surface area contributed by atoms with Crippen LogP contribution in [0.4, 0.5) is 0 Å². The summed E-state index contributed by atoms with van der Waals surface area (Å²) in [6, 6.07) is 19.9. The Kier molecular flexibility index (Phi) is 3.47. The molecule has 0 spiro atoms. The van der Waals surface area contributed by atoms with Gasteiger partial charge in [0.2, 0.25) is 5.82 Å². The standard InChI is InChI=1S/C22H16N4O/c1-13-11-17(15-7-3-5-9-19(15)23-13)21-25-22(27-26-21)18-12-14(2)24-20-10-6-4-8-16(18)20/h3-12H,1-2H3. The fourth-order valence-electron chi connectivity index (χ4n) is 3.42. The molecule has 0 amide bonds. The van der Waals surface area contributed by atoms with Gasteiger partial charge < -0.3 is 4.52 Å². The molecule has 0 atom stereocenters. The summed E-state index contributed by atoms with van der Waals surface area (Å²) in [4.78, 5) is 13.9. The van der Waals surface area contributed by atoms with E-state index in [0.29, 0.717) is 11.7 Å². The van der Waals surface area contributed by atoms with Crippen LogP contribution in [0.25, 0.3) is 44.6 Å². The van der Waals surface area contributed by atoms with Gasteiger partial charge in [-0.3, -0.25) is 9.97 Å². The summed E-state index contributed by atoms with van der Waals surface area (Å²) in [5.74, 6) is 1.05. The molecule has 0 bridgehead atoms. The molecule has 5 rings (SSSR count). The molecule has 130 valence electrons. The highest BCUT2D eigenvalue weighted by atomic mass is 16.5. The molecular formula is C22H16N4O. The van der Waals surface area contributed by atoms with Crippen LogP contribution in [0.2, 0.25) is 0 Å². The molecule has 5 heteroatoms. The van der Waals surface area contributed by atoms with E-state index in [4.69, 9.17) is 9.51 Å². The minimum Gasteiger partial charge on any atom is -0.334 e. The highest BCUT2D eigenvalue weighted by Gasteiger charge is 2.16. The predicted octanol–water partition coefficient (Wildman–Crippen LogP) is 5.12. The van der Waals surface area contributed by atoms with Crippen LogP contribution in [-0.4, -0.2) is 20.1 Å². The molecule has 0 unspecified atom stereocenters. The number of nitrogens with zero attached hydrogens (tertiary/aromatic N) is 4. The lowest BCUT2D eigenvalue weighted by Crippen LogP contribution is -1.90. The van der Waals surface area contributed by atoms with Crippen molar-refractivity contribution >= 4 is 21.8 Å². The zero-order valence-corrected chi connectivity index (χ0v) is 15.0. The van der Waals surface area contributed by atoms with Crippen LogP contribution < -0.4 is 0 Å². The van der Waals surface area contributed by atoms with Crippen molar-refractivity contribution in [2.75, 3.05) is 0 Å². The molecule has 0 N–H and O–H groups in total. The Balaban J connectivity index is 1.71. The summed E-state index contributed by atoms with van der Waals surface area (Å²) >= 11 is 0. The Morgan fingerprint density at radius 1 is 0.667 bits per heavy atom. The monoisotopic (exact) mass is 352 g/mol. The van der Waals surface area contributed by atoms with Gasteiger partial charge in [-0.05, 0) is 38.1 Å². The van der Waals surface area contributed by atoms with Crippen molar-refractivity contribution in [2.45, 2.75) is 13.8 Å². The SMILES string of the molecule is Cc1cc(-c2noc(-c3cc(C)nc4ccccc34)n2)c2ccccc2n1. The van der Waals surface area contributed by atoms with Crippen molar-refractivity contribution in [3.8, 4) is 22.8 Å². The highest BCUT2D eigenvalue weighted by molar-refractivity contribution is 5.94. The third-order valence-corrected chi connectivity index (χ3v) is 4.59. The Hall–Kier alpha value is -3.60. The van der Waals surface area contributed by atoms with Crippen LogP contribution in [0.3, 0.4) is 0 Å². The molecule has 0 aliphatic rings. The molecule has 5 aromatic rings. The zero-order chi connectivity index (χ0) is 18.4. The minimum absolute atomic E-state index is 0.491. The normalized spacial score (nSPS) is 11.3. The van der Waals surface area contributed by atoms with Crippen molar-refractivity contribution in [3.63, 3.8) is 0 Å². The van der Waals surface area contributed by atoms with E-state index < -0.39 is 0 Å². The first-order valence-electron chi connectivity index (χ1n) is 8.76. The van der Waals surface area contributed by atoms with Gasteiger partial charge in [-0.25, -0.2) is 0 Å². The van der Waals surface area contributed by atoms with Gasteiger partial charge >= 0.3 is 0 Å². The number of rotatable bonds is 2. The molecule has 2 aromatic carbocycles. The van der Waals surface area contributed by atoms with E-state index in [1.54, 1.807) is 0 Å². The number of pyridine rings is 2. The maximum atomic E-state index is 5.65. The molecular weight excluding hydrogens is 336 g/mol. The van der Waals surface area contributed by atoms with Crippen molar-refractivity contribution < 1.29 is 4.52 Å². The lowest BCUT2D eigenvalue weighted by atomic mass is 10.1. The second-order valence-electron chi connectivity index (χ2n) is 6.58. The highest BCUT2D eigenvalue weighted by Crippen LogP contribution is 2.31. The maximum absolute atomic E-state index is 5.65. The van der Waals surface area contributed by atoms with Crippen LogP contribution >= 0.6 is 0 Å². The van der Waals surface area contributed by atoms with Crippen LogP contribution in [0, 0.1) is 13.8 Å². The molecule has 27 heavy (non-hydrogen) atoms. The molecule has 0 saturated carbocycles. The number of aromatic nitrogens is 4. The minimum atomic E-state index is 0.491. The van der Waals surface area contributed by atoms with E-state index in [9.17, 15) is 0 Å². The van der Waals surface area contributed by atoms with Gasteiger partial charge in [-0.15, -0.1) is 0 Å². The lowest BCUT2D eigenvalue weighted by Gasteiger charge is -2.04. The first-order valence-corrected chi connectivity index (χ1v) is 8.76. The van der Waals surface area contributed by atoms with Crippen LogP contribution in [0.15, 0.2) is 65.2 Å². The van der Waals surface area contributed by atoms with Crippen molar-refractivity contribution in [1.29, 1.82) is 0 Å². The van der Waals surface area contributed by atoms with E-state index in [1.807, 2.05) is 74.5 Å². The molecule has 5 nitrogen and oxygen atoms in total. The first kappa shape index (κ1) is 15.6. The Morgan fingerprint density at radius 3 is 1.89 bits per heavy atom. The largest absolute Gasteiger partial charge is 0.334 e. The first-order chi connectivity index (χ1) is 13.2. The van der Waals surface area contributed by atoms with Crippen molar-refractivity contribution in [1.82, 2.24) is 20.1 Å². The molecule has 3 heterocycles. The summed E-state index contributed by atoms with van der Waals surface area (Å²) in [6.07, 6.45) is 0. The molecule has 3 aromatic heterocycles. The van der Waals surface area contributed by atoms with Gasteiger partial charge in [0.1, 0.15) is 0 Å². The predicted molar refractivity (Wildman–Crippen MR) is 105 cm³/mol. The van der Waals surface area contributed by atoms with Crippen molar-refractivity contribution in [2.24, 2.45) is 0 Å². The van der Waals surface area contributed by atoms with Crippen molar-refractivity contribution in [3.05, 3.63) is 72.1 Å². The number of hydrogen-bond donors (Lipinski definition) is 0. The van der Waals surface area contributed by atoms with E-state index >= 15 is 0 Å².